The summed E-state index contributed by atoms with van der Waals surface area (Å²) >= 11 is 6.41. The maximum absolute atomic E-state index is 11.2. The van der Waals surface area contributed by atoms with Crippen LogP contribution in [0.25, 0.3) is 0 Å². The van der Waals surface area contributed by atoms with Crippen LogP contribution in [0.3, 0.4) is 0 Å². The van der Waals surface area contributed by atoms with Crippen LogP contribution in [0, 0.1) is 10.1 Å². The van der Waals surface area contributed by atoms with Crippen molar-refractivity contribution in [3.05, 3.63) is 16.3 Å². The van der Waals surface area contributed by atoms with E-state index in [9.17, 15) is 14.9 Å². The van der Waals surface area contributed by atoms with Gasteiger partial charge in [-0.15, -0.1) is 11.6 Å². The molecule has 16 heavy (non-hydrogen) atoms. The Kier molecular flexibility index (Phi) is 4.44. The van der Waals surface area contributed by atoms with Crippen LogP contribution in [0.5, 0.6) is 0 Å². The van der Waals surface area contributed by atoms with E-state index in [4.69, 9.17) is 11.6 Å². The lowest BCUT2D eigenvalue weighted by molar-refractivity contribution is -0.380. The van der Waals surface area contributed by atoms with Gasteiger partial charge in [-0.05, 0) is 18.3 Å². The van der Waals surface area contributed by atoms with E-state index in [0.717, 1.165) is 17.5 Å². The Morgan fingerprint density at radius 2 is 2.50 bits per heavy atom. The number of rotatable bonds is 4. The van der Waals surface area contributed by atoms with E-state index in [-0.39, 0.29) is 15.5 Å². The molecule has 0 aromatic carbocycles. The number of urea groups is 1. The van der Waals surface area contributed by atoms with Gasteiger partial charge in [0, 0.05) is 11.9 Å². The fraction of sp³-hybridized carbons (Fsp3) is 0.429. The topological polar surface area (TPSA) is 97.2 Å². The van der Waals surface area contributed by atoms with E-state index in [1.54, 1.807) is 6.92 Å². The third-order valence-corrected chi connectivity index (χ3v) is 2.46. The molecule has 0 radical (unpaired) electrons. The molecule has 1 rings (SSSR count). The molecule has 88 valence electrons. The standard InChI is InChI=1S/C7H9ClN4O3S/c1-4(8)2-9-6(13)11-7-10-3-5(16-7)12(14)15/h3-4H,2H2,1H3,(H2,9,10,11,13). The molecular formula is C7H9ClN4O3S. The molecule has 1 aromatic rings. The quantitative estimate of drug-likeness (QED) is 0.492. The van der Waals surface area contributed by atoms with Gasteiger partial charge in [0.25, 0.3) is 0 Å². The van der Waals surface area contributed by atoms with Crippen LogP contribution in [0.1, 0.15) is 6.92 Å². The third kappa shape index (κ3) is 3.99. The van der Waals surface area contributed by atoms with Crippen molar-refractivity contribution in [1.82, 2.24) is 10.3 Å². The first-order valence-corrected chi connectivity index (χ1v) is 5.53. The number of hydrogen-bond donors (Lipinski definition) is 2. The normalized spacial score (nSPS) is 11.9. The van der Waals surface area contributed by atoms with Gasteiger partial charge in [0.1, 0.15) is 6.20 Å². The average Bonchev–Trinajstić information content (AvgIpc) is 2.63. The Labute approximate surface area is 100.0 Å². The summed E-state index contributed by atoms with van der Waals surface area (Å²) < 4.78 is 0. The van der Waals surface area contributed by atoms with Gasteiger partial charge in [0.05, 0.1) is 4.92 Å². The van der Waals surface area contributed by atoms with Gasteiger partial charge in [-0.3, -0.25) is 15.4 Å². The minimum atomic E-state index is -0.568. The first kappa shape index (κ1) is 12.7. The number of amides is 2. The van der Waals surface area contributed by atoms with Crippen LogP contribution in [0.15, 0.2) is 6.20 Å². The molecule has 0 saturated heterocycles. The lowest BCUT2D eigenvalue weighted by Gasteiger charge is -2.05. The lowest BCUT2D eigenvalue weighted by atomic mass is 10.5. The third-order valence-electron chi connectivity index (χ3n) is 1.44. The Hall–Kier alpha value is -1.41. The van der Waals surface area contributed by atoms with Crippen molar-refractivity contribution in [1.29, 1.82) is 0 Å². The molecule has 1 unspecified atom stereocenters. The van der Waals surface area contributed by atoms with Crippen LogP contribution < -0.4 is 10.6 Å². The number of thiazole rings is 1. The monoisotopic (exact) mass is 264 g/mol. The summed E-state index contributed by atoms with van der Waals surface area (Å²) in [5.41, 5.74) is 0. The highest BCUT2D eigenvalue weighted by molar-refractivity contribution is 7.18. The Morgan fingerprint density at radius 3 is 3.00 bits per heavy atom. The van der Waals surface area contributed by atoms with Gasteiger partial charge in [0.2, 0.25) is 0 Å². The highest BCUT2D eigenvalue weighted by atomic mass is 35.5. The zero-order valence-corrected chi connectivity index (χ0v) is 9.84. The van der Waals surface area contributed by atoms with Gasteiger partial charge in [-0.2, -0.15) is 0 Å². The van der Waals surface area contributed by atoms with Crippen molar-refractivity contribution in [2.24, 2.45) is 0 Å². The Morgan fingerprint density at radius 1 is 1.81 bits per heavy atom. The van der Waals surface area contributed by atoms with Gasteiger partial charge in [-0.25, -0.2) is 9.78 Å². The van der Waals surface area contributed by atoms with Gasteiger partial charge in [0.15, 0.2) is 5.13 Å². The molecule has 1 heterocycles. The number of hydrogen-bond acceptors (Lipinski definition) is 5. The fourth-order valence-electron chi connectivity index (χ4n) is 0.782. The number of carbonyl (C=O) groups excluding carboxylic acids is 1. The van der Waals surface area contributed by atoms with Crippen LogP contribution in [0.4, 0.5) is 14.9 Å². The number of nitrogens with one attached hydrogen (secondary N) is 2. The minimum absolute atomic E-state index is 0.124. The van der Waals surface area contributed by atoms with E-state index in [1.807, 2.05) is 0 Å². The number of halogens is 1. The highest BCUT2D eigenvalue weighted by Crippen LogP contribution is 2.24. The van der Waals surface area contributed by atoms with Gasteiger partial charge in [-0.1, -0.05) is 0 Å². The first-order valence-electron chi connectivity index (χ1n) is 4.28. The molecule has 1 atom stereocenters. The summed E-state index contributed by atoms with van der Waals surface area (Å²) in [6.45, 7) is 2.04. The summed E-state index contributed by atoms with van der Waals surface area (Å²) in [6, 6.07) is -0.489. The van der Waals surface area contributed by atoms with E-state index in [1.165, 1.54) is 0 Å². The van der Waals surface area contributed by atoms with Crippen molar-refractivity contribution in [2.75, 3.05) is 11.9 Å². The minimum Gasteiger partial charge on any atom is -0.336 e. The van der Waals surface area contributed by atoms with Crippen LogP contribution in [-0.2, 0) is 0 Å². The van der Waals surface area contributed by atoms with Crippen molar-refractivity contribution in [3.63, 3.8) is 0 Å². The first-order chi connectivity index (χ1) is 7.49. The van der Waals surface area contributed by atoms with E-state index in [2.05, 4.69) is 15.6 Å². The second kappa shape index (κ2) is 5.61. The van der Waals surface area contributed by atoms with Crippen molar-refractivity contribution < 1.29 is 9.72 Å². The number of aromatic nitrogens is 1. The lowest BCUT2D eigenvalue weighted by Crippen LogP contribution is -2.32. The molecule has 9 heteroatoms. The summed E-state index contributed by atoms with van der Waals surface area (Å²) in [5.74, 6) is 0. The number of anilines is 1. The zero-order valence-electron chi connectivity index (χ0n) is 8.27. The molecule has 0 saturated carbocycles. The van der Waals surface area contributed by atoms with Crippen molar-refractivity contribution >= 4 is 39.1 Å². The predicted octanol–water partition coefficient (Wildman–Crippen LogP) is 1.80. The van der Waals surface area contributed by atoms with E-state index < -0.39 is 11.0 Å². The summed E-state index contributed by atoms with van der Waals surface area (Å²) in [5, 5.41) is 15.1. The zero-order chi connectivity index (χ0) is 12.1. The number of carbonyl (C=O) groups is 1. The Bertz CT molecular complexity index is 395. The van der Waals surface area contributed by atoms with Gasteiger partial charge < -0.3 is 5.32 Å². The molecule has 0 aliphatic carbocycles. The molecule has 0 fully saturated rings. The number of nitro groups is 1. The van der Waals surface area contributed by atoms with Crippen molar-refractivity contribution in [2.45, 2.75) is 12.3 Å². The molecule has 1 aromatic heterocycles. The SMILES string of the molecule is CC(Cl)CNC(=O)Nc1ncc([N+](=O)[O-])s1. The molecule has 0 aliphatic heterocycles. The maximum Gasteiger partial charge on any atom is 0.345 e. The predicted molar refractivity (Wildman–Crippen MR) is 61.1 cm³/mol. The second-order valence-electron chi connectivity index (χ2n) is 2.88. The maximum atomic E-state index is 11.2. The van der Waals surface area contributed by atoms with Gasteiger partial charge >= 0.3 is 11.0 Å². The average molecular weight is 265 g/mol. The van der Waals surface area contributed by atoms with Crippen LogP contribution in [-0.4, -0.2) is 27.9 Å². The fourth-order valence-corrected chi connectivity index (χ4v) is 1.49. The van der Waals surface area contributed by atoms with E-state index in [0.29, 0.717) is 6.54 Å². The molecule has 0 aliphatic rings. The molecular weight excluding hydrogens is 256 g/mol. The second-order valence-corrected chi connectivity index (χ2v) is 4.63. The van der Waals surface area contributed by atoms with Crippen LogP contribution >= 0.6 is 22.9 Å². The van der Waals surface area contributed by atoms with Crippen LogP contribution in [0.2, 0.25) is 0 Å². The number of nitrogens with zero attached hydrogens (tertiary/aromatic N) is 2. The smallest absolute Gasteiger partial charge is 0.336 e. The molecule has 2 N–H and O–H groups in total. The van der Waals surface area contributed by atoms with E-state index >= 15 is 0 Å². The summed E-state index contributed by atoms with van der Waals surface area (Å²) in [7, 11) is 0. The molecule has 7 nitrogen and oxygen atoms in total. The highest BCUT2D eigenvalue weighted by Gasteiger charge is 2.13. The largest absolute Gasteiger partial charge is 0.345 e. The number of alkyl halides is 1. The summed E-state index contributed by atoms with van der Waals surface area (Å²) in [6.07, 6.45) is 1.09. The molecule has 2 amide bonds. The Balaban J connectivity index is 2.46. The summed E-state index contributed by atoms with van der Waals surface area (Å²) in [4.78, 5) is 24.7. The molecule has 0 spiro atoms. The molecule has 0 bridgehead atoms. The van der Waals surface area contributed by atoms with Crippen molar-refractivity contribution in [3.8, 4) is 0 Å².